The van der Waals surface area contributed by atoms with Gasteiger partial charge in [0.1, 0.15) is 0 Å². The van der Waals surface area contributed by atoms with Crippen LogP contribution in [0, 0.1) is 6.92 Å². The third kappa shape index (κ3) is 3.07. The molecule has 0 aliphatic heterocycles. The van der Waals surface area contributed by atoms with Crippen molar-refractivity contribution in [3.8, 4) is 22.3 Å². The third-order valence-electron chi connectivity index (χ3n) is 3.73. The van der Waals surface area contributed by atoms with Crippen LogP contribution < -0.4 is 0 Å². The molecule has 0 unspecified atom stereocenters. The van der Waals surface area contributed by atoms with Crippen LogP contribution in [0.1, 0.15) is 44.2 Å². The van der Waals surface area contributed by atoms with Crippen molar-refractivity contribution in [2.45, 2.75) is 33.1 Å². The lowest BCUT2D eigenvalue weighted by Crippen LogP contribution is -2.15. The minimum absolute atomic E-state index is 0.0706. The average Bonchev–Trinajstić information content (AvgIpc) is 2.73. The Balaban J connectivity index is 2.55. The maximum Gasteiger partial charge on any atom is 0.0629 e. The highest BCUT2D eigenvalue weighted by Gasteiger charge is 2.23. The molecular weight excluding hydrogens is 276 g/mol. The lowest BCUT2D eigenvalue weighted by Gasteiger charge is -2.27. The van der Waals surface area contributed by atoms with Gasteiger partial charge in [-0.25, -0.2) is 0 Å². The Labute approximate surface area is 152 Å². The molecule has 0 radical (unpaired) electrons. The number of hydrogen-bond acceptors (Lipinski definition) is 0. The van der Waals surface area contributed by atoms with Crippen LogP contribution in [0.15, 0.2) is 72.6 Å². The SMILES string of the molecule is [2H]c1c([2H])c([2H])c(-c2cccc(-c3c([2H])c([2H])c([2H])c([2H])c3C)c2C(C)(C)C)c([2H])c1[2H]. The van der Waals surface area contributed by atoms with E-state index in [9.17, 15) is 0 Å². The van der Waals surface area contributed by atoms with Gasteiger partial charge in [-0.1, -0.05) is 93.4 Å². The molecule has 0 atom stereocenters. The molecule has 116 valence electrons. The lowest BCUT2D eigenvalue weighted by molar-refractivity contribution is 0.593. The van der Waals surface area contributed by atoms with Crippen LogP contribution in [0.5, 0.6) is 0 Å². The quantitative estimate of drug-likeness (QED) is 0.498. The first-order chi connectivity index (χ1) is 14.7. The zero-order valence-corrected chi connectivity index (χ0v) is 13.7. The van der Waals surface area contributed by atoms with Gasteiger partial charge in [-0.2, -0.15) is 0 Å². The van der Waals surface area contributed by atoms with Gasteiger partial charge in [-0.05, 0) is 45.7 Å². The molecule has 3 rings (SSSR count). The molecular formula is C23H24. The summed E-state index contributed by atoms with van der Waals surface area (Å²) < 4.78 is 73.8. The fourth-order valence-electron chi connectivity index (χ4n) is 2.81. The third-order valence-corrected chi connectivity index (χ3v) is 3.73. The van der Waals surface area contributed by atoms with Gasteiger partial charge in [0.25, 0.3) is 0 Å². The van der Waals surface area contributed by atoms with Crippen molar-refractivity contribution in [1.82, 2.24) is 0 Å². The normalized spacial score (nSPS) is 17.0. The summed E-state index contributed by atoms with van der Waals surface area (Å²) in [6, 6.07) is 2.22. The first kappa shape index (κ1) is 7.97. The highest BCUT2D eigenvalue weighted by atomic mass is 14.3. The fraction of sp³-hybridized carbons (Fsp3) is 0.217. The second-order valence-electron chi connectivity index (χ2n) is 6.48. The Morgan fingerprint density at radius 3 is 2.04 bits per heavy atom. The molecule has 0 spiro atoms. The summed E-state index contributed by atoms with van der Waals surface area (Å²) in [5.74, 6) is 0. The topological polar surface area (TPSA) is 0 Å². The van der Waals surface area contributed by atoms with Crippen LogP contribution in [0.2, 0.25) is 0 Å². The van der Waals surface area contributed by atoms with E-state index in [0.29, 0.717) is 27.8 Å². The van der Waals surface area contributed by atoms with Crippen molar-refractivity contribution in [3.63, 3.8) is 0 Å². The molecule has 0 bridgehead atoms. The molecule has 3 aromatic rings. The van der Waals surface area contributed by atoms with Gasteiger partial charge < -0.3 is 0 Å². The Morgan fingerprint density at radius 1 is 0.739 bits per heavy atom. The van der Waals surface area contributed by atoms with E-state index in [1.54, 1.807) is 25.1 Å². The molecule has 0 heterocycles. The van der Waals surface area contributed by atoms with E-state index >= 15 is 0 Å². The minimum Gasteiger partial charge on any atom is -0.0622 e. The molecule has 0 amide bonds. The van der Waals surface area contributed by atoms with Crippen molar-refractivity contribution < 1.29 is 12.3 Å². The first-order valence-corrected chi connectivity index (χ1v) is 7.49. The summed E-state index contributed by atoms with van der Waals surface area (Å²) in [6.07, 6.45) is 0. The molecule has 0 heteroatoms. The summed E-state index contributed by atoms with van der Waals surface area (Å²) in [5.41, 5.74) is 1.87. The van der Waals surface area contributed by atoms with E-state index in [0.717, 1.165) is 0 Å². The molecule has 0 aliphatic rings. The maximum absolute atomic E-state index is 8.52. The second kappa shape index (κ2) is 6.04. The van der Waals surface area contributed by atoms with Crippen LogP contribution in [-0.2, 0) is 5.41 Å². The second-order valence-corrected chi connectivity index (χ2v) is 6.48. The number of hydrogen-bond donors (Lipinski definition) is 0. The smallest absolute Gasteiger partial charge is 0.0622 e. The Bertz CT molecular complexity index is 1110. The van der Waals surface area contributed by atoms with Crippen molar-refractivity contribution >= 4 is 0 Å². The average molecular weight is 309 g/mol. The first-order valence-electron chi connectivity index (χ1n) is 12.0. The molecule has 3 aromatic carbocycles. The van der Waals surface area contributed by atoms with Gasteiger partial charge in [0.15, 0.2) is 0 Å². The van der Waals surface area contributed by atoms with Crippen molar-refractivity contribution in [3.05, 3.63) is 83.7 Å². The zero-order valence-electron chi connectivity index (χ0n) is 22.7. The molecule has 0 saturated heterocycles. The van der Waals surface area contributed by atoms with Crippen LogP contribution in [0.4, 0.5) is 0 Å². The van der Waals surface area contributed by atoms with Crippen LogP contribution in [0.25, 0.3) is 22.3 Å². The van der Waals surface area contributed by atoms with E-state index < -0.39 is 23.5 Å². The Morgan fingerprint density at radius 2 is 1.35 bits per heavy atom. The minimum atomic E-state index is -0.572. The molecule has 0 nitrogen and oxygen atoms in total. The summed E-state index contributed by atoms with van der Waals surface area (Å²) >= 11 is 0. The van der Waals surface area contributed by atoms with E-state index in [-0.39, 0.29) is 41.8 Å². The summed E-state index contributed by atoms with van der Waals surface area (Å²) in [6.45, 7) is 7.40. The van der Waals surface area contributed by atoms with Crippen LogP contribution in [0.3, 0.4) is 0 Å². The Kier molecular flexibility index (Phi) is 2.09. The standard InChI is InChI=1S/C23H24/c1-17-11-8-9-14-19(17)21-16-10-15-20(22(21)23(2,3)4)18-12-6-5-7-13-18/h5-16H,1-4H3/i5D,6D,7D,8D,9D,11D,12D,13D,14D. The van der Waals surface area contributed by atoms with Gasteiger partial charge in [-0.15, -0.1) is 0 Å². The van der Waals surface area contributed by atoms with Gasteiger partial charge in [0.05, 0.1) is 12.3 Å². The van der Waals surface area contributed by atoms with Crippen LogP contribution in [-0.4, -0.2) is 0 Å². The molecule has 0 aromatic heterocycles. The molecule has 0 aliphatic carbocycles. The Hall–Kier alpha value is -2.34. The summed E-state index contributed by atoms with van der Waals surface area (Å²) in [7, 11) is 0. The van der Waals surface area contributed by atoms with Crippen molar-refractivity contribution in [2.75, 3.05) is 0 Å². The molecule has 0 N–H and O–H groups in total. The predicted molar refractivity (Wildman–Crippen MR) is 101 cm³/mol. The molecule has 0 fully saturated rings. The van der Waals surface area contributed by atoms with E-state index in [1.165, 1.54) is 0 Å². The maximum atomic E-state index is 8.52. The van der Waals surface area contributed by atoms with E-state index in [2.05, 4.69) is 0 Å². The zero-order chi connectivity index (χ0) is 24.3. The highest BCUT2D eigenvalue weighted by molar-refractivity contribution is 5.81. The summed E-state index contributed by atoms with van der Waals surface area (Å²) in [4.78, 5) is 0. The van der Waals surface area contributed by atoms with Gasteiger partial charge in [0.2, 0.25) is 0 Å². The van der Waals surface area contributed by atoms with Gasteiger partial charge in [-0.3, -0.25) is 0 Å². The number of benzene rings is 3. The number of rotatable bonds is 2. The highest BCUT2D eigenvalue weighted by Crippen LogP contribution is 2.40. The largest absolute Gasteiger partial charge is 0.0629 e. The van der Waals surface area contributed by atoms with Crippen molar-refractivity contribution in [2.24, 2.45) is 0 Å². The fourth-order valence-corrected chi connectivity index (χ4v) is 2.81. The van der Waals surface area contributed by atoms with Gasteiger partial charge in [0, 0.05) is 0 Å². The monoisotopic (exact) mass is 309 g/mol. The van der Waals surface area contributed by atoms with Crippen LogP contribution >= 0.6 is 0 Å². The van der Waals surface area contributed by atoms with E-state index in [1.807, 2.05) is 20.8 Å². The molecule has 23 heavy (non-hydrogen) atoms. The molecule has 0 saturated carbocycles. The van der Waals surface area contributed by atoms with Crippen molar-refractivity contribution in [1.29, 1.82) is 0 Å². The predicted octanol–water partition coefficient (Wildman–Crippen LogP) is 6.63. The lowest BCUT2D eigenvalue weighted by atomic mass is 9.77. The van der Waals surface area contributed by atoms with Gasteiger partial charge >= 0.3 is 0 Å². The summed E-state index contributed by atoms with van der Waals surface area (Å²) in [5, 5.41) is 0. The van der Waals surface area contributed by atoms with E-state index in [4.69, 9.17) is 12.3 Å².